The molecule has 5 nitrogen and oxygen atoms in total. The second-order valence-corrected chi connectivity index (χ2v) is 7.72. The van der Waals surface area contributed by atoms with Gasteiger partial charge in [0.1, 0.15) is 6.07 Å². The molecule has 20 heavy (non-hydrogen) atoms. The van der Waals surface area contributed by atoms with Gasteiger partial charge in [0, 0.05) is 25.6 Å². The maximum Gasteiger partial charge on any atom is 0.103 e. The summed E-state index contributed by atoms with van der Waals surface area (Å²) in [5.41, 5.74) is 1.26. The minimum atomic E-state index is -2.11. The van der Waals surface area contributed by atoms with Crippen LogP contribution in [0.3, 0.4) is 0 Å². The first kappa shape index (κ1) is 14.8. The molecule has 0 N–H and O–H groups in total. The summed E-state index contributed by atoms with van der Waals surface area (Å²) in [7, 11) is 1.55. The molecule has 0 unspecified atom stereocenters. The van der Waals surface area contributed by atoms with Crippen LogP contribution in [0.2, 0.25) is 5.02 Å². The number of hydrogen-bond donors (Lipinski definition) is 0. The van der Waals surface area contributed by atoms with Crippen molar-refractivity contribution in [3.8, 4) is 6.07 Å². The molecular formula is C13H15ClN4OS. The summed E-state index contributed by atoms with van der Waals surface area (Å²) >= 11 is 6.08. The number of hydrogen-bond acceptors (Lipinski definition) is 4. The van der Waals surface area contributed by atoms with E-state index in [9.17, 15) is 4.21 Å². The highest BCUT2D eigenvalue weighted by molar-refractivity contribution is 7.95. The standard InChI is InChI=1S/C13H15ClN4OS/c1-18(2)9-16-13-7-10(6-12(14)11(13)8-15)17-20(19)4-3-5-20/h6-7,9H,3-5H2,1-2H3/b16-9-. The topological polar surface area (TPSA) is 68.8 Å². The van der Waals surface area contributed by atoms with Crippen LogP contribution in [0, 0.1) is 11.3 Å². The van der Waals surface area contributed by atoms with E-state index in [0.717, 1.165) is 6.42 Å². The highest BCUT2D eigenvalue weighted by atomic mass is 35.5. The summed E-state index contributed by atoms with van der Waals surface area (Å²) in [5.74, 6) is 1.25. The number of halogens is 1. The van der Waals surface area contributed by atoms with Crippen LogP contribution in [0.4, 0.5) is 11.4 Å². The van der Waals surface area contributed by atoms with Crippen LogP contribution in [0.5, 0.6) is 0 Å². The van der Waals surface area contributed by atoms with Crippen LogP contribution in [-0.4, -0.2) is 41.0 Å². The zero-order chi connectivity index (χ0) is 14.8. The number of benzene rings is 1. The van der Waals surface area contributed by atoms with Crippen LogP contribution < -0.4 is 0 Å². The Morgan fingerprint density at radius 1 is 1.45 bits per heavy atom. The Morgan fingerprint density at radius 2 is 2.15 bits per heavy atom. The van der Waals surface area contributed by atoms with E-state index in [4.69, 9.17) is 16.9 Å². The molecule has 0 saturated carbocycles. The zero-order valence-electron chi connectivity index (χ0n) is 11.3. The largest absolute Gasteiger partial charge is 0.369 e. The lowest BCUT2D eigenvalue weighted by Gasteiger charge is -2.18. The van der Waals surface area contributed by atoms with Crippen molar-refractivity contribution in [2.75, 3.05) is 25.6 Å². The Bertz CT molecular complexity index is 702. The van der Waals surface area contributed by atoms with Gasteiger partial charge in [0.15, 0.2) is 0 Å². The lowest BCUT2D eigenvalue weighted by atomic mass is 10.2. The minimum absolute atomic E-state index is 0.280. The molecule has 0 spiro atoms. The van der Waals surface area contributed by atoms with E-state index in [1.807, 2.05) is 20.2 Å². The molecule has 0 bridgehead atoms. The highest BCUT2D eigenvalue weighted by Crippen LogP contribution is 2.33. The molecule has 1 heterocycles. The van der Waals surface area contributed by atoms with E-state index < -0.39 is 9.73 Å². The van der Waals surface area contributed by atoms with Gasteiger partial charge in [0.2, 0.25) is 0 Å². The van der Waals surface area contributed by atoms with E-state index in [1.165, 1.54) is 0 Å². The summed E-state index contributed by atoms with van der Waals surface area (Å²) in [6.45, 7) is 0. The molecule has 0 atom stereocenters. The van der Waals surface area contributed by atoms with Crippen molar-refractivity contribution >= 4 is 39.0 Å². The van der Waals surface area contributed by atoms with Gasteiger partial charge < -0.3 is 4.90 Å². The summed E-state index contributed by atoms with van der Waals surface area (Å²) in [6, 6.07) is 5.25. The number of aliphatic imine (C=N–C) groups is 1. The van der Waals surface area contributed by atoms with Gasteiger partial charge in [0.05, 0.1) is 38.0 Å². The van der Waals surface area contributed by atoms with Crippen molar-refractivity contribution in [2.24, 2.45) is 9.36 Å². The van der Waals surface area contributed by atoms with Gasteiger partial charge in [-0.05, 0) is 18.6 Å². The maximum absolute atomic E-state index is 12.1. The lowest BCUT2D eigenvalue weighted by Crippen LogP contribution is -2.22. The van der Waals surface area contributed by atoms with Crippen molar-refractivity contribution in [1.82, 2.24) is 4.90 Å². The Labute approximate surface area is 124 Å². The van der Waals surface area contributed by atoms with E-state index in [0.29, 0.717) is 28.4 Å². The molecule has 1 fully saturated rings. The van der Waals surface area contributed by atoms with E-state index in [-0.39, 0.29) is 5.02 Å². The Kier molecular flexibility index (Phi) is 4.31. The number of rotatable bonds is 3. The monoisotopic (exact) mass is 310 g/mol. The Balaban J connectivity index is 2.50. The first-order valence-electron chi connectivity index (χ1n) is 6.10. The molecular weight excluding hydrogens is 296 g/mol. The van der Waals surface area contributed by atoms with Gasteiger partial charge in [0.25, 0.3) is 0 Å². The van der Waals surface area contributed by atoms with Crippen LogP contribution in [0.25, 0.3) is 0 Å². The predicted octanol–water partition coefficient (Wildman–Crippen LogP) is 2.94. The molecule has 1 aliphatic heterocycles. The van der Waals surface area contributed by atoms with Gasteiger partial charge in [-0.2, -0.15) is 9.62 Å². The molecule has 1 aromatic rings. The lowest BCUT2D eigenvalue weighted by molar-refractivity contribution is 0.643. The van der Waals surface area contributed by atoms with Crippen LogP contribution in [-0.2, 0) is 9.73 Å². The van der Waals surface area contributed by atoms with Crippen molar-refractivity contribution in [1.29, 1.82) is 5.26 Å². The second kappa shape index (κ2) is 5.81. The summed E-state index contributed by atoms with van der Waals surface area (Å²) in [4.78, 5) is 5.97. The molecule has 2 rings (SSSR count). The molecule has 0 aliphatic carbocycles. The third-order valence-corrected chi connectivity index (χ3v) is 5.49. The highest BCUT2D eigenvalue weighted by Gasteiger charge is 2.19. The second-order valence-electron chi connectivity index (χ2n) is 4.77. The van der Waals surface area contributed by atoms with Gasteiger partial charge in [-0.1, -0.05) is 11.6 Å². The third-order valence-electron chi connectivity index (χ3n) is 2.79. The fourth-order valence-corrected chi connectivity index (χ4v) is 3.40. The molecule has 1 saturated heterocycles. The van der Waals surface area contributed by atoms with Crippen molar-refractivity contribution in [2.45, 2.75) is 6.42 Å². The van der Waals surface area contributed by atoms with Crippen molar-refractivity contribution in [3.63, 3.8) is 0 Å². The summed E-state index contributed by atoms with van der Waals surface area (Å²) in [5, 5.41) is 9.42. The van der Waals surface area contributed by atoms with Gasteiger partial charge >= 0.3 is 0 Å². The van der Waals surface area contributed by atoms with Gasteiger partial charge in [-0.25, -0.2) is 9.20 Å². The third kappa shape index (κ3) is 3.30. The summed E-state index contributed by atoms with van der Waals surface area (Å²) < 4.78 is 16.4. The molecule has 106 valence electrons. The fraction of sp³-hybridized carbons (Fsp3) is 0.385. The number of nitriles is 1. The zero-order valence-corrected chi connectivity index (χ0v) is 12.9. The first-order valence-corrected chi connectivity index (χ1v) is 8.33. The molecule has 1 aliphatic rings. The molecule has 7 heteroatoms. The van der Waals surface area contributed by atoms with E-state index in [2.05, 4.69) is 9.36 Å². The average molecular weight is 311 g/mol. The number of nitrogens with zero attached hydrogens (tertiary/aromatic N) is 4. The van der Waals surface area contributed by atoms with Gasteiger partial charge in [-0.15, -0.1) is 0 Å². The maximum atomic E-state index is 12.1. The molecule has 0 radical (unpaired) electrons. The SMILES string of the molecule is CN(C)/C=N\c1cc(N=S2(=O)CCC2)cc(Cl)c1C#N. The van der Waals surface area contributed by atoms with E-state index in [1.54, 1.807) is 23.4 Å². The Morgan fingerprint density at radius 3 is 2.65 bits per heavy atom. The predicted molar refractivity (Wildman–Crippen MR) is 82.6 cm³/mol. The van der Waals surface area contributed by atoms with Crippen LogP contribution in [0.1, 0.15) is 12.0 Å². The molecule has 1 aromatic carbocycles. The normalized spacial score (nSPS) is 16.5. The first-order chi connectivity index (χ1) is 9.43. The summed E-state index contributed by atoms with van der Waals surface area (Å²) in [6.07, 6.45) is 2.53. The smallest absolute Gasteiger partial charge is 0.103 e. The minimum Gasteiger partial charge on any atom is -0.369 e. The quantitative estimate of drug-likeness (QED) is 0.636. The van der Waals surface area contributed by atoms with Crippen molar-refractivity contribution < 1.29 is 4.21 Å². The van der Waals surface area contributed by atoms with Gasteiger partial charge in [-0.3, -0.25) is 0 Å². The Hall–Kier alpha value is -1.58. The fourth-order valence-electron chi connectivity index (χ4n) is 1.70. The molecule has 0 amide bonds. The molecule has 0 aromatic heterocycles. The average Bonchev–Trinajstić information content (AvgIpc) is 2.34. The van der Waals surface area contributed by atoms with Crippen LogP contribution >= 0.6 is 11.6 Å². The van der Waals surface area contributed by atoms with Crippen molar-refractivity contribution in [3.05, 3.63) is 22.7 Å². The van der Waals surface area contributed by atoms with E-state index >= 15 is 0 Å². The van der Waals surface area contributed by atoms with Crippen LogP contribution in [0.15, 0.2) is 21.5 Å².